The molecule has 0 fully saturated rings. The van der Waals surface area contributed by atoms with Crippen molar-refractivity contribution in [2.75, 3.05) is 21.3 Å². The highest BCUT2D eigenvalue weighted by atomic mass is 35.5. The third-order valence-corrected chi connectivity index (χ3v) is 3.71. The Hall–Kier alpha value is -2.61. The number of nitrogens with one attached hydrogen (secondary N) is 1. The molecule has 0 heterocycles. The second-order valence-electron chi connectivity index (χ2n) is 4.86. The first kappa shape index (κ1) is 20.4. The van der Waals surface area contributed by atoms with Crippen molar-refractivity contribution in [3.63, 3.8) is 0 Å². The SMILES string of the molecule is COC(=O)C[C@H](C(=O)OC)[C@@H](NC(=O)c1ccccc1Cl)C(=O)OC. The maximum atomic E-state index is 12.4. The lowest BCUT2D eigenvalue weighted by Crippen LogP contribution is -2.50. The van der Waals surface area contributed by atoms with Crippen LogP contribution in [0, 0.1) is 5.92 Å². The van der Waals surface area contributed by atoms with Crippen LogP contribution in [0.2, 0.25) is 5.02 Å². The van der Waals surface area contributed by atoms with Gasteiger partial charge in [0.2, 0.25) is 0 Å². The largest absolute Gasteiger partial charge is 0.469 e. The zero-order valence-corrected chi connectivity index (χ0v) is 14.7. The molecule has 0 unspecified atom stereocenters. The highest BCUT2D eigenvalue weighted by Gasteiger charge is 2.39. The number of hydrogen-bond acceptors (Lipinski definition) is 7. The van der Waals surface area contributed by atoms with Crippen molar-refractivity contribution in [3.05, 3.63) is 34.9 Å². The van der Waals surface area contributed by atoms with Crippen molar-refractivity contribution in [1.29, 1.82) is 0 Å². The summed E-state index contributed by atoms with van der Waals surface area (Å²) in [5, 5.41) is 2.52. The molecule has 9 heteroatoms. The van der Waals surface area contributed by atoms with E-state index in [1.54, 1.807) is 12.1 Å². The molecule has 1 amide bonds. The van der Waals surface area contributed by atoms with E-state index in [2.05, 4.69) is 19.5 Å². The lowest BCUT2D eigenvalue weighted by atomic mass is 9.95. The highest BCUT2D eigenvalue weighted by molar-refractivity contribution is 6.33. The van der Waals surface area contributed by atoms with Gasteiger partial charge in [-0.1, -0.05) is 23.7 Å². The van der Waals surface area contributed by atoms with Crippen molar-refractivity contribution < 1.29 is 33.4 Å². The number of carbonyl (C=O) groups excluding carboxylic acids is 4. The minimum absolute atomic E-state index is 0.0970. The molecule has 25 heavy (non-hydrogen) atoms. The molecule has 1 aromatic carbocycles. The smallest absolute Gasteiger partial charge is 0.329 e. The van der Waals surface area contributed by atoms with Crippen molar-refractivity contribution in [2.45, 2.75) is 12.5 Å². The summed E-state index contributed by atoms with van der Waals surface area (Å²) in [6.07, 6.45) is -0.480. The van der Waals surface area contributed by atoms with Gasteiger partial charge in [0.05, 0.1) is 44.3 Å². The third-order valence-electron chi connectivity index (χ3n) is 3.38. The minimum atomic E-state index is -1.46. The van der Waals surface area contributed by atoms with Crippen molar-refractivity contribution in [2.24, 2.45) is 5.92 Å². The van der Waals surface area contributed by atoms with Crippen LogP contribution in [0.1, 0.15) is 16.8 Å². The standard InChI is InChI=1S/C16H18ClNO7/c1-23-12(19)8-10(15(21)24-2)13(16(22)25-3)18-14(20)9-6-4-5-7-11(9)17/h4-7,10,13H,8H2,1-3H3,(H,18,20)/t10-,13+/m0/s1. The van der Waals surface area contributed by atoms with Gasteiger partial charge in [-0.25, -0.2) is 4.79 Å². The fourth-order valence-electron chi connectivity index (χ4n) is 2.07. The van der Waals surface area contributed by atoms with Gasteiger partial charge in [0.25, 0.3) is 5.91 Å². The van der Waals surface area contributed by atoms with E-state index in [1.165, 1.54) is 12.1 Å². The number of benzene rings is 1. The predicted octanol–water partition coefficient (Wildman–Crippen LogP) is 0.964. The van der Waals surface area contributed by atoms with Crippen molar-refractivity contribution >= 4 is 35.4 Å². The predicted molar refractivity (Wildman–Crippen MR) is 86.9 cm³/mol. The second-order valence-corrected chi connectivity index (χ2v) is 5.27. The van der Waals surface area contributed by atoms with Crippen LogP contribution in [-0.4, -0.2) is 51.2 Å². The summed E-state index contributed by atoms with van der Waals surface area (Å²) in [5.74, 6) is -4.58. The van der Waals surface area contributed by atoms with E-state index in [9.17, 15) is 19.2 Å². The normalized spacial score (nSPS) is 12.5. The lowest BCUT2D eigenvalue weighted by Gasteiger charge is -2.23. The van der Waals surface area contributed by atoms with Crippen molar-refractivity contribution in [1.82, 2.24) is 5.32 Å². The second kappa shape index (κ2) is 9.63. The molecule has 0 saturated carbocycles. The quantitative estimate of drug-likeness (QED) is 0.561. The van der Waals surface area contributed by atoms with Gasteiger partial charge in [0.15, 0.2) is 0 Å². The molecule has 0 spiro atoms. The monoisotopic (exact) mass is 371 g/mol. The molecule has 1 N–H and O–H groups in total. The zero-order valence-electron chi connectivity index (χ0n) is 13.9. The fourth-order valence-corrected chi connectivity index (χ4v) is 2.29. The first-order valence-corrected chi connectivity index (χ1v) is 7.51. The van der Waals surface area contributed by atoms with Gasteiger partial charge in [-0.2, -0.15) is 0 Å². The Morgan fingerprint density at radius 3 is 2.12 bits per heavy atom. The summed E-state index contributed by atoms with van der Waals surface area (Å²) >= 11 is 5.95. The fraction of sp³-hybridized carbons (Fsp3) is 0.375. The Kier molecular flexibility index (Phi) is 7.87. The first-order valence-electron chi connectivity index (χ1n) is 7.13. The van der Waals surface area contributed by atoms with Crippen LogP contribution in [0.25, 0.3) is 0 Å². The topological polar surface area (TPSA) is 108 Å². The summed E-state index contributed by atoms with van der Waals surface area (Å²) < 4.78 is 13.8. The minimum Gasteiger partial charge on any atom is -0.469 e. The average Bonchev–Trinajstić information content (AvgIpc) is 2.63. The summed E-state index contributed by atoms with van der Waals surface area (Å²) in [5.41, 5.74) is 0.0970. The average molecular weight is 372 g/mol. The van der Waals surface area contributed by atoms with E-state index in [4.69, 9.17) is 11.6 Å². The highest BCUT2D eigenvalue weighted by Crippen LogP contribution is 2.18. The van der Waals surface area contributed by atoms with Crippen LogP contribution in [0.15, 0.2) is 24.3 Å². The molecule has 0 bridgehead atoms. The molecule has 0 aliphatic rings. The Labute approximate surface area is 149 Å². The summed E-state index contributed by atoms with van der Waals surface area (Å²) in [6, 6.07) is 4.70. The Morgan fingerprint density at radius 1 is 1.00 bits per heavy atom. The van der Waals surface area contributed by atoms with E-state index in [0.717, 1.165) is 21.3 Å². The Balaban J connectivity index is 3.14. The molecule has 0 aromatic heterocycles. The maximum absolute atomic E-state index is 12.4. The van der Waals surface area contributed by atoms with Gasteiger partial charge in [0, 0.05) is 0 Å². The summed E-state index contributed by atoms with van der Waals surface area (Å²) in [6.45, 7) is 0. The number of esters is 3. The van der Waals surface area contributed by atoms with E-state index < -0.39 is 42.2 Å². The van der Waals surface area contributed by atoms with Crippen LogP contribution in [-0.2, 0) is 28.6 Å². The van der Waals surface area contributed by atoms with Crippen LogP contribution in [0.3, 0.4) is 0 Å². The number of amides is 1. The van der Waals surface area contributed by atoms with E-state index in [0.29, 0.717) is 0 Å². The molecular weight excluding hydrogens is 354 g/mol. The van der Waals surface area contributed by atoms with Gasteiger partial charge in [-0.15, -0.1) is 0 Å². The van der Waals surface area contributed by atoms with Crippen LogP contribution in [0.5, 0.6) is 0 Å². The summed E-state index contributed by atoms with van der Waals surface area (Å²) in [4.78, 5) is 48.0. The molecular formula is C16H18ClNO7. The lowest BCUT2D eigenvalue weighted by molar-refractivity contribution is -0.158. The molecule has 0 aliphatic carbocycles. The number of carbonyl (C=O) groups is 4. The van der Waals surface area contributed by atoms with Crippen LogP contribution >= 0.6 is 11.6 Å². The van der Waals surface area contributed by atoms with Crippen LogP contribution in [0.4, 0.5) is 0 Å². The van der Waals surface area contributed by atoms with E-state index in [-0.39, 0.29) is 10.6 Å². The van der Waals surface area contributed by atoms with Crippen LogP contribution < -0.4 is 5.32 Å². The Bertz CT molecular complexity index is 662. The number of ether oxygens (including phenoxy) is 3. The molecule has 0 radical (unpaired) electrons. The van der Waals surface area contributed by atoms with Gasteiger partial charge in [-0.05, 0) is 12.1 Å². The molecule has 1 rings (SSSR count). The molecule has 2 atom stereocenters. The summed E-state index contributed by atoms with van der Waals surface area (Å²) in [7, 11) is 3.31. The maximum Gasteiger partial charge on any atom is 0.329 e. The molecule has 0 aliphatic heterocycles. The van der Waals surface area contributed by atoms with E-state index >= 15 is 0 Å². The van der Waals surface area contributed by atoms with Crippen molar-refractivity contribution in [3.8, 4) is 0 Å². The zero-order chi connectivity index (χ0) is 19.0. The molecule has 0 saturated heterocycles. The number of rotatable bonds is 7. The van der Waals surface area contributed by atoms with Gasteiger partial charge in [-0.3, -0.25) is 14.4 Å². The molecule has 1 aromatic rings. The number of halogens is 1. The van der Waals surface area contributed by atoms with Gasteiger partial charge in [0.1, 0.15) is 6.04 Å². The first-order chi connectivity index (χ1) is 11.8. The Morgan fingerprint density at radius 2 is 1.60 bits per heavy atom. The molecule has 8 nitrogen and oxygen atoms in total. The van der Waals surface area contributed by atoms with Gasteiger partial charge < -0.3 is 19.5 Å². The number of hydrogen-bond donors (Lipinski definition) is 1. The third kappa shape index (κ3) is 5.46. The van der Waals surface area contributed by atoms with E-state index in [1.807, 2.05) is 0 Å². The van der Waals surface area contributed by atoms with Gasteiger partial charge >= 0.3 is 17.9 Å². The molecule has 136 valence electrons. The number of methoxy groups -OCH3 is 3.